The summed E-state index contributed by atoms with van der Waals surface area (Å²) in [6.07, 6.45) is 1.60. The van der Waals surface area contributed by atoms with Crippen molar-refractivity contribution in [1.29, 1.82) is 0 Å². The third kappa shape index (κ3) is 3.58. The van der Waals surface area contributed by atoms with Gasteiger partial charge in [-0.2, -0.15) is 4.31 Å². The highest BCUT2D eigenvalue weighted by molar-refractivity contribution is 7.89. The van der Waals surface area contributed by atoms with E-state index in [1.165, 1.54) is 4.31 Å². The molecular formula is C19H20N4O3S. The van der Waals surface area contributed by atoms with Crippen LogP contribution >= 0.6 is 0 Å². The van der Waals surface area contributed by atoms with Crippen LogP contribution in [0.15, 0.2) is 64.1 Å². The summed E-state index contributed by atoms with van der Waals surface area (Å²) in [6.45, 7) is 3.91. The van der Waals surface area contributed by atoms with Crippen molar-refractivity contribution in [3.05, 3.63) is 60.4 Å². The van der Waals surface area contributed by atoms with E-state index in [9.17, 15) is 8.42 Å². The van der Waals surface area contributed by atoms with Gasteiger partial charge in [0.05, 0.1) is 11.2 Å². The zero-order chi connectivity index (χ0) is 18.9. The van der Waals surface area contributed by atoms with Crippen LogP contribution < -0.4 is 4.90 Å². The Bertz CT molecular complexity index is 992. The molecule has 140 valence electrons. The van der Waals surface area contributed by atoms with Gasteiger partial charge >= 0.3 is 0 Å². The molecular weight excluding hydrogens is 364 g/mol. The van der Waals surface area contributed by atoms with Gasteiger partial charge in [-0.3, -0.25) is 0 Å². The van der Waals surface area contributed by atoms with Crippen LogP contribution in [-0.4, -0.2) is 49.1 Å². The molecule has 3 aromatic rings. The molecule has 0 spiro atoms. The summed E-state index contributed by atoms with van der Waals surface area (Å²) in [4.78, 5) is 2.38. The van der Waals surface area contributed by atoms with Gasteiger partial charge in [0, 0.05) is 26.2 Å². The lowest BCUT2D eigenvalue weighted by Gasteiger charge is -2.34. The zero-order valence-corrected chi connectivity index (χ0v) is 15.8. The molecule has 0 bridgehead atoms. The average molecular weight is 384 g/mol. The molecule has 1 fully saturated rings. The quantitative estimate of drug-likeness (QED) is 0.688. The minimum absolute atomic E-state index is 0.337. The minimum atomic E-state index is -3.46. The molecule has 27 heavy (non-hydrogen) atoms. The molecule has 0 aliphatic carbocycles. The van der Waals surface area contributed by atoms with Crippen LogP contribution in [0.2, 0.25) is 0 Å². The Labute approximate surface area is 158 Å². The molecule has 0 saturated carbocycles. The van der Waals surface area contributed by atoms with Crippen LogP contribution in [0.25, 0.3) is 11.5 Å². The van der Waals surface area contributed by atoms with Gasteiger partial charge in [-0.25, -0.2) is 8.42 Å². The number of aryl methyl sites for hydroxylation is 1. The largest absolute Gasteiger partial charge is 0.463 e. The number of rotatable bonds is 4. The number of aromatic nitrogens is 2. The molecule has 4 rings (SSSR count). The van der Waals surface area contributed by atoms with Crippen molar-refractivity contribution in [1.82, 2.24) is 14.5 Å². The normalized spacial score (nSPS) is 15.8. The van der Waals surface area contributed by atoms with Gasteiger partial charge in [-0.15, -0.1) is 10.2 Å². The molecule has 0 amide bonds. The van der Waals surface area contributed by atoms with Gasteiger partial charge in [0.25, 0.3) is 0 Å². The monoisotopic (exact) mass is 384 g/mol. The van der Waals surface area contributed by atoms with Crippen LogP contribution in [0, 0.1) is 6.92 Å². The number of piperazine rings is 1. The molecule has 1 aliphatic rings. The Morgan fingerprint density at radius 1 is 0.926 bits per heavy atom. The molecule has 2 aromatic heterocycles. The van der Waals surface area contributed by atoms with Gasteiger partial charge in [0.1, 0.15) is 5.69 Å². The molecule has 0 radical (unpaired) electrons. The third-order valence-electron chi connectivity index (χ3n) is 4.65. The number of nitrogens with zero attached hydrogens (tertiary/aromatic N) is 4. The van der Waals surface area contributed by atoms with Crippen LogP contribution in [-0.2, 0) is 10.0 Å². The summed E-state index contributed by atoms with van der Waals surface area (Å²) in [5.74, 6) is 1.40. The standard InChI is InChI=1S/C19H20N4O3S/c1-15-4-6-16(7-5-15)27(24,25)23-12-10-22(11-13-23)19-9-8-17(20-21-19)18-3-2-14-26-18/h2-9,14H,10-13H2,1H3. The number of hydrogen-bond acceptors (Lipinski definition) is 6. The van der Waals surface area contributed by atoms with Crippen molar-refractivity contribution in [2.75, 3.05) is 31.1 Å². The van der Waals surface area contributed by atoms with E-state index in [1.54, 1.807) is 24.5 Å². The average Bonchev–Trinajstić information content (AvgIpc) is 3.23. The van der Waals surface area contributed by atoms with Gasteiger partial charge in [-0.05, 0) is 43.3 Å². The Balaban J connectivity index is 1.43. The van der Waals surface area contributed by atoms with Crippen LogP contribution in [0.1, 0.15) is 5.56 Å². The second-order valence-corrected chi connectivity index (χ2v) is 8.40. The predicted molar refractivity (Wildman–Crippen MR) is 102 cm³/mol. The smallest absolute Gasteiger partial charge is 0.243 e. The summed E-state index contributed by atoms with van der Waals surface area (Å²) >= 11 is 0. The van der Waals surface area contributed by atoms with E-state index in [2.05, 4.69) is 10.2 Å². The number of hydrogen-bond donors (Lipinski definition) is 0. The predicted octanol–water partition coefficient (Wildman–Crippen LogP) is 2.56. The fourth-order valence-electron chi connectivity index (χ4n) is 3.07. The Hall–Kier alpha value is -2.71. The van der Waals surface area contributed by atoms with Crippen LogP contribution in [0.5, 0.6) is 0 Å². The first-order valence-electron chi connectivity index (χ1n) is 8.73. The molecule has 1 saturated heterocycles. The van der Waals surface area contributed by atoms with E-state index >= 15 is 0 Å². The summed E-state index contributed by atoms with van der Waals surface area (Å²) in [7, 11) is -3.46. The second-order valence-electron chi connectivity index (χ2n) is 6.46. The van der Waals surface area contributed by atoms with E-state index in [0.717, 1.165) is 11.4 Å². The summed E-state index contributed by atoms with van der Waals surface area (Å²) in [5, 5.41) is 8.46. The highest BCUT2D eigenvalue weighted by Gasteiger charge is 2.29. The third-order valence-corrected chi connectivity index (χ3v) is 6.56. The highest BCUT2D eigenvalue weighted by atomic mass is 32.2. The molecule has 3 heterocycles. The lowest BCUT2D eigenvalue weighted by Crippen LogP contribution is -2.49. The topological polar surface area (TPSA) is 79.5 Å². The Morgan fingerprint density at radius 3 is 2.26 bits per heavy atom. The van der Waals surface area contributed by atoms with E-state index in [1.807, 2.05) is 42.2 Å². The molecule has 8 heteroatoms. The fourth-order valence-corrected chi connectivity index (χ4v) is 4.49. The number of benzene rings is 1. The highest BCUT2D eigenvalue weighted by Crippen LogP contribution is 2.22. The Kier molecular flexibility index (Phi) is 4.67. The first-order chi connectivity index (χ1) is 13.0. The van der Waals surface area contributed by atoms with E-state index in [0.29, 0.717) is 42.5 Å². The summed E-state index contributed by atoms with van der Waals surface area (Å²) < 4.78 is 32.4. The van der Waals surface area contributed by atoms with Crippen LogP contribution in [0.4, 0.5) is 5.82 Å². The van der Waals surface area contributed by atoms with Crippen molar-refractivity contribution >= 4 is 15.8 Å². The first-order valence-corrected chi connectivity index (χ1v) is 10.2. The molecule has 0 N–H and O–H groups in total. The van der Waals surface area contributed by atoms with Crippen LogP contribution in [0.3, 0.4) is 0 Å². The van der Waals surface area contributed by atoms with Gasteiger partial charge in [0.2, 0.25) is 10.0 Å². The van der Waals surface area contributed by atoms with Gasteiger partial charge in [-0.1, -0.05) is 17.7 Å². The summed E-state index contributed by atoms with van der Waals surface area (Å²) in [6, 6.07) is 14.3. The number of sulfonamides is 1. The SMILES string of the molecule is Cc1ccc(S(=O)(=O)N2CCN(c3ccc(-c4ccco4)nn3)CC2)cc1. The minimum Gasteiger partial charge on any atom is -0.463 e. The lowest BCUT2D eigenvalue weighted by molar-refractivity contribution is 0.383. The number of furan rings is 1. The zero-order valence-electron chi connectivity index (χ0n) is 14.9. The maximum atomic E-state index is 12.8. The molecule has 0 atom stereocenters. The van der Waals surface area contributed by atoms with Crippen molar-refractivity contribution in [3.8, 4) is 11.5 Å². The maximum absolute atomic E-state index is 12.8. The van der Waals surface area contributed by atoms with Crippen molar-refractivity contribution < 1.29 is 12.8 Å². The number of anilines is 1. The van der Waals surface area contributed by atoms with E-state index in [4.69, 9.17) is 4.42 Å². The molecule has 1 aromatic carbocycles. The van der Waals surface area contributed by atoms with E-state index in [-0.39, 0.29) is 0 Å². The van der Waals surface area contributed by atoms with Gasteiger partial charge in [0.15, 0.2) is 11.6 Å². The van der Waals surface area contributed by atoms with Gasteiger partial charge < -0.3 is 9.32 Å². The second kappa shape index (κ2) is 7.13. The van der Waals surface area contributed by atoms with E-state index < -0.39 is 10.0 Å². The summed E-state index contributed by atoms with van der Waals surface area (Å²) in [5.41, 5.74) is 1.71. The molecule has 0 unspecified atom stereocenters. The first kappa shape index (κ1) is 17.7. The maximum Gasteiger partial charge on any atom is 0.243 e. The fraction of sp³-hybridized carbons (Fsp3) is 0.263. The Morgan fingerprint density at radius 2 is 1.67 bits per heavy atom. The van der Waals surface area contributed by atoms with Crippen molar-refractivity contribution in [2.45, 2.75) is 11.8 Å². The van der Waals surface area contributed by atoms with Crippen molar-refractivity contribution in [3.63, 3.8) is 0 Å². The lowest BCUT2D eigenvalue weighted by atomic mass is 10.2. The van der Waals surface area contributed by atoms with Crippen molar-refractivity contribution in [2.24, 2.45) is 0 Å². The molecule has 1 aliphatic heterocycles. The molecule has 7 nitrogen and oxygen atoms in total.